The highest BCUT2D eigenvalue weighted by Gasteiger charge is 2.24. The van der Waals surface area contributed by atoms with Crippen molar-refractivity contribution < 1.29 is 17.9 Å². The molecule has 36 heavy (non-hydrogen) atoms. The van der Waals surface area contributed by atoms with Gasteiger partial charge < -0.3 is 20.1 Å². The Hall–Kier alpha value is -3.67. The number of anilines is 2. The van der Waals surface area contributed by atoms with Crippen molar-refractivity contribution in [3.63, 3.8) is 0 Å². The molecule has 4 aromatic rings. The van der Waals surface area contributed by atoms with Gasteiger partial charge in [-0.25, -0.2) is 22.7 Å². The van der Waals surface area contributed by atoms with Crippen LogP contribution in [-0.2, 0) is 14.8 Å². The normalized spacial score (nSPS) is 14.5. The van der Waals surface area contributed by atoms with Crippen molar-refractivity contribution in [2.45, 2.75) is 4.90 Å². The number of rotatable bonds is 6. The Morgan fingerprint density at radius 2 is 1.69 bits per heavy atom. The molecule has 188 valence electrons. The number of hydrogen-bond donors (Lipinski definition) is 1. The minimum Gasteiger partial charge on any atom is -0.480 e. The Morgan fingerprint density at radius 3 is 2.36 bits per heavy atom. The van der Waals surface area contributed by atoms with E-state index in [-0.39, 0.29) is 10.8 Å². The molecule has 1 fully saturated rings. The van der Waals surface area contributed by atoms with Gasteiger partial charge in [0.1, 0.15) is 4.90 Å². The molecule has 11 heteroatoms. The summed E-state index contributed by atoms with van der Waals surface area (Å²) in [5.41, 5.74) is 11.3. The zero-order chi connectivity index (χ0) is 25.4. The van der Waals surface area contributed by atoms with Gasteiger partial charge in [-0.2, -0.15) is 0 Å². The number of morpholine rings is 1. The predicted molar refractivity (Wildman–Crippen MR) is 139 cm³/mol. The molecule has 2 aromatic carbocycles. The van der Waals surface area contributed by atoms with Gasteiger partial charge in [-0.1, -0.05) is 6.07 Å². The van der Waals surface area contributed by atoms with Crippen LogP contribution in [0, 0.1) is 0 Å². The van der Waals surface area contributed by atoms with Crippen LogP contribution in [0.1, 0.15) is 0 Å². The van der Waals surface area contributed by atoms with Crippen molar-refractivity contribution in [2.75, 3.05) is 58.1 Å². The molecule has 2 N–H and O–H groups in total. The molecule has 1 saturated heterocycles. The molecule has 0 aliphatic carbocycles. The van der Waals surface area contributed by atoms with Gasteiger partial charge in [-0.05, 0) is 48.0 Å². The van der Waals surface area contributed by atoms with Crippen LogP contribution in [0.5, 0.6) is 5.88 Å². The zero-order valence-electron chi connectivity index (χ0n) is 20.4. The number of methoxy groups -OCH3 is 1. The molecule has 0 bridgehead atoms. The number of nitrogens with two attached hydrogens (primary N) is 1. The van der Waals surface area contributed by atoms with Gasteiger partial charge in [0.25, 0.3) is 0 Å². The van der Waals surface area contributed by atoms with Crippen LogP contribution >= 0.6 is 0 Å². The van der Waals surface area contributed by atoms with E-state index in [1.54, 1.807) is 12.3 Å². The Balaban J connectivity index is 1.56. The Morgan fingerprint density at radius 1 is 1.00 bits per heavy atom. The molecule has 3 heterocycles. The molecule has 2 aromatic heterocycles. The smallest absolute Gasteiger partial charge is 0.247 e. The minimum atomic E-state index is -3.76. The Labute approximate surface area is 209 Å². The number of nitrogens with zero attached hydrogens (tertiary/aromatic N) is 5. The summed E-state index contributed by atoms with van der Waals surface area (Å²) in [4.78, 5) is 11.1. The second-order valence-corrected chi connectivity index (χ2v) is 10.8. The van der Waals surface area contributed by atoms with E-state index in [0.717, 1.165) is 58.6 Å². The van der Waals surface area contributed by atoms with Crippen molar-refractivity contribution in [3.05, 3.63) is 54.7 Å². The first-order valence-electron chi connectivity index (χ1n) is 11.5. The third-order valence-corrected chi connectivity index (χ3v) is 8.08. The summed E-state index contributed by atoms with van der Waals surface area (Å²) in [6.45, 7) is 3.17. The van der Waals surface area contributed by atoms with Gasteiger partial charge in [-0.3, -0.25) is 4.57 Å². The Kier molecular flexibility index (Phi) is 6.29. The summed E-state index contributed by atoms with van der Waals surface area (Å²) < 4.78 is 39.4. The number of aromatic nitrogens is 3. The summed E-state index contributed by atoms with van der Waals surface area (Å²) in [5, 5.41) is 0. The number of imidazole rings is 1. The van der Waals surface area contributed by atoms with E-state index >= 15 is 0 Å². The molecule has 0 spiro atoms. The molecule has 0 atom stereocenters. The van der Waals surface area contributed by atoms with Crippen LogP contribution in [0.15, 0.2) is 59.6 Å². The summed E-state index contributed by atoms with van der Waals surface area (Å²) in [7, 11) is 0.583. The highest BCUT2D eigenvalue weighted by molar-refractivity contribution is 7.89. The number of sulfonamides is 1. The average molecular weight is 509 g/mol. The third-order valence-electron chi connectivity index (χ3n) is 6.27. The molecule has 1 aliphatic rings. The standard InChI is InChI=1S/C25H28N6O4S/c1-29(2)36(32,33)23-15-18(16-27-24(23)34-3)17-4-9-21-22(14-17)31(25(26)28-21)20-7-5-19(6-8-20)30-10-12-35-13-11-30/h4-9,14-16H,10-13H2,1-3H3,(H2,26,28). The highest BCUT2D eigenvalue weighted by atomic mass is 32.2. The van der Waals surface area contributed by atoms with Crippen molar-refractivity contribution in [3.8, 4) is 22.7 Å². The molecule has 0 radical (unpaired) electrons. The number of benzene rings is 2. The van der Waals surface area contributed by atoms with Crippen molar-refractivity contribution in [2.24, 2.45) is 0 Å². The van der Waals surface area contributed by atoms with Gasteiger partial charge in [0, 0.05) is 50.3 Å². The molecular formula is C25H28N6O4S. The number of hydrogen-bond acceptors (Lipinski definition) is 8. The Bertz CT molecular complexity index is 1510. The fraction of sp³-hybridized carbons (Fsp3) is 0.280. The van der Waals surface area contributed by atoms with Gasteiger partial charge in [0.2, 0.25) is 21.9 Å². The van der Waals surface area contributed by atoms with Gasteiger partial charge >= 0.3 is 0 Å². The third kappa shape index (κ3) is 4.25. The lowest BCUT2D eigenvalue weighted by Crippen LogP contribution is -2.36. The largest absolute Gasteiger partial charge is 0.480 e. The van der Waals surface area contributed by atoms with E-state index in [4.69, 9.17) is 15.2 Å². The fourth-order valence-corrected chi connectivity index (χ4v) is 5.33. The average Bonchev–Trinajstić information content (AvgIpc) is 3.23. The van der Waals surface area contributed by atoms with Crippen LogP contribution < -0.4 is 15.4 Å². The maximum Gasteiger partial charge on any atom is 0.247 e. The van der Waals surface area contributed by atoms with E-state index in [2.05, 4.69) is 27.0 Å². The maximum absolute atomic E-state index is 12.9. The zero-order valence-corrected chi connectivity index (χ0v) is 21.2. The molecular weight excluding hydrogens is 480 g/mol. The van der Waals surface area contributed by atoms with Crippen LogP contribution in [0.4, 0.5) is 11.6 Å². The number of ether oxygens (including phenoxy) is 2. The first-order valence-corrected chi connectivity index (χ1v) is 12.9. The van der Waals surface area contributed by atoms with E-state index in [1.807, 2.05) is 34.9 Å². The van der Waals surface area contributed by atoms with Crippen molar-refractivity contribution >= 4 is 32.7 Å². The van der Waals surface area contributed by atoms with Crippen molar-refractivity contribution in [1.82, 2.24) is 18.8 Å². The van der Waals surface area contributed by atoms with Crippen LogP contribution in [0.25, 0.3) is 27.8 Å². The van der Waals surface area contributed by atoms with E-state index in [9.17, 15) is 8.42 Å². The van der Waals surface area contributed by atoms with E-state index in [0.29, 0.717) is 11.5 Å². The fourth-order valence-electron chi connectivity index (χ4n) is 4.30. The summed E-state index contributed by atoms with van der Waals surface area (Å²) in [5.74, 6) is 0.410. The number of pyridine rings is 1. The molecule has 0 unspecified atom stereocenters. The monoisotopic (exact) mass is 508 g/mol. The first-order chi connectivity index (χ1) is 17.3. The van der Waals surface area contributed by atoms with Crippen LogP contribution in [0.3, 0.4) is 0 Å². The summed E-state index contributed by atoms with van der Waals surface area (Å²) in [6.07, 6.45) is 1.59. The quantitative estimate of drug-likeness (QED) is 0.423. The van der Waals surface area contributed by atoms with Crippen LogP contribution in [0.2, 0.25) is 0 Å². The molecule has 5 rings (SSSR count). The van der Waals surface area contributed by atoms with Gasteiger partial charge in [-0.15, -0.1) is 0 Å². The minimum absolute atomic E-state index is 0.000630. The lowest BCUT2D eigenvalue weighted by atomic mass is 10.1. The van der Waals surface area contributed by atoms with Gasteiger partial charge in [0.15, 0.2) is 0 Å². The first kappa shape index (κ1) is 24.0. The summed E-state index contributed by atoms with van der Waals surface area (Å²) >= 11 is 0. The molecule has 0 saturated carbocycles. The second-order valence-electron chi connectivity index (χ2n) is 8.64. The highest BCUT2D eigenvalue weighted by Crippen LogP contribution is 2.32. The maximum atomic E-state index is 12.9. The molecule has 0 amide bonds. The number of fused-ring (bicyclic) bond motifs is 1. The predicted octanol–water partition coefficient (Wildman–Crippen LogP) is 2.77. The SMILES string of the molecule is COc1ncc(-c2ccc3nc(N)n(-c4ccc(N5CCOCC5)cc4)c3c2)cc1S(=O)(=O)N(C)C. The van der Waals surface area contributed by atoms with E-state index < -0.39 is 10.0 Å². The summed E-state index contributed by atoms with van der Waals surface area (Å²) in [6, 6.07) is 15.4. The lowest BCUT2D eigenvalue weighted by molar-refractivity contribution is 0.122. The molecule has 1 aliphatic heterocycles. The van der Waals surface area contributed by atoms with Crippen LogP contribution in [-0.4, -0.2) is 74.8 Å². The molecule has 10 nitrogen and oxygen atoms in total. The number of nitrogen functional groups attached to an aromatic ring is 1. The second kappa shape index (κ2) is 9.41. The topological polar surface area (TPSA) is 116 Å². The van der Waals surface area contributed by atoms with E-state index in [1.165, 1.54) is 21.2 Å². The van der Waals surface area contributed by atoms with Gasteiger partial charge in [0.05, 0.1) is 31.4 Å². The van der Waals surface area contributed by atoms with Crippen molar-refractivity contribution in [1.29, 1.82) is 0 Å². The lowest BCUT2D eigenvalue weighted by Gasteiger charge is -2.29.